The summed E-state index contributed by atoms with van der Waals surface area (Å²) in [5.74, 6) is 0.0528. The van der Waals surface area contributed by atoms with Crippen molar-refractivity contribution in [3.63, 3.8) is 0 Å². The van der Waals surface area contributed by atoms with Gasteiger partial charge in [-0.15, -0.1) is 22.7 Å². The van der Waals surface area contributed by atoms with Gasteiger partial charge in [0.2, 0.25) is 5.91 Å². The Morgan fingerprint density at radius 1 is 1.22 bits per heavy atom. The normalized spacial score (nSPS) is 17.7. The molecule has 27 heavy (non-hydrogen) atoms. The minimum Gasteiger partial charge on any atom is -0.333 e. The molecule has 3 aromatic rings. The number of carbonyl (C=O) groups is 1. The van der Waals surface area contributed by atoms with E-state index in [1.807, 2.05) is 19.1 Å². The quantitative estimate of drug-likeness (QED) is 0.680. The molecule has 142 valence electrons. The van der Waals surface area contributed by atoms with Crippen LogP contribution < -0.4 is 10.6 Å². The molecule has 4 rings (SSSR count). The number of benzene rings is 1. The Bertz CT molecular complexity index is 996. The van der Waals surface area contributed by atoms with Crippen molar-refractivity contribution in [1.82, 2.24) is 4.98 Å². The molecule has 1 amide bonds. The maximum absolute atomic E-state index is 12.2. The van der Waals surface area contributed by atoms with Gasteiger partial charge in [-0.25, -0.2) is 4.98 Å². The van der Waals surface area contributed by atoms with Crippen molar-refractivity contribution < 1.29 is 10.1 Å². The molecular weight excluding hydrogens is 374 g/mol. The van der Waals surface area contributed by atoms with Crippen LogP contribution in [0.25, 0.3) is 20.8 Å². The first-order valence-electron chi connectivity index (χ1n) is 9.39. The Kier molecular flexibility index (Phi) is 4.41. The highest BCUT2D eigenvalue weighted by atomic mass is 32.1. The van der Waals surface area contributed by atoms with E-state index in [2.05, 4.69) is 50.5 Å². The van der Waals surface area contributed by atoms with E-state index < -0.39 is 0 Å². The second kappa shape index (κ2) is 6.40. The van der Waals surface area contributed by atoms with Crippen molar-refractivity contribution >= 4 is 43.8 Å². The lowest BCUT2D eigenvalue weighted by Gasteiger charge is -2.38. The lowest BCUT2D eigenvalue weighted by molar-refractivity contribution is -0.789. The van der Waals surface area contributed by atoms with E-state index in [9.17, 15) is 4.79 Å². The first kappa shape index (κ1) is 18.6. The molecule has 0 spiro atoms. The Morgan fingerprint density at radius 3 is 2.67 bits per heavy atom. The molecule has 3 heterocycles. The number of fused-ring (bicyclic) bond motifs is 2. The topological polar surface area (TPSA) is 58.6 Å². The molecule has 0 aliphatic carbocycles. The van der Waals surface area contributed by atoms with Gasteiger partial charge in [-0.1, -0.05) is 19.1 Å². The lowest BCUT2D eigenvalue weighted by Crippen LogP contribution is -3.03. The molecule has 4 nitrogen and oxygen atoms in total. The summed E-state index contributed by atoms with van der Waals surface area (Å²) in [5.41, 5.74) is 3.58. The van der Waals surface area contributed by atoms with E-state index in [1.54, 1.807) is 22.7 Å². The molecule has 0 bridgehead atoms. The molecule has 6 heteroatoms. The molecule has 2 aromatic heterocycles. The molecule has 1 aliphatic heterocycles. The van der Waals surface area contributed by atoms with Crippen LogP contribution in [-0.2, 0) is 16.8 Å². The number of para-hydroxylation sites is 1. The van der Waals surface area contributed by atoms with Crippen LogP contribution in [0, 0.1) is 0 Å². The number of thiazole rings is 1. The summed E-state index contributed by atoms with van der Waals surface area (Å²) in [6.07, 6.45) is 1.44. The van der Waals surface area contributed by atoms with Crippen molar-refractivity contribution in [1.29, 1.82) is 0 Å². The summed E-state index contributed by atoms with van der Waals surface area (Å²) in [4.78, 5) is 18.5. The van der Waals surface area contributed by atoms with Gasteiger partial charge in [0.05, 0.1) is 20.6 Å². The molecule has 0 saturated carbocycles. The SMILES string of the molecule is CCC(=O)Nc1sc2c(c1-c1nc3ccccc3s1)CC(C)(C)[NH2+]C2(C)C. The van der Waals surface area contributed by atoms with Gasteiger partial charge < -0.3 is 10.6 Å². The number of anilines is 1. The maximum Gasteiger partial charge on any atom is 0.224 e. The van der Waals surface area contributed by atoms with E-state index in [-0.39, 0.29) is 17.0 Å². The van der Waals surface area contributed by atoms with Gasteiger partial charge in [-0.3, -0.25) is 4.79 Å². The minimum atomic E-state index is -0.0254. The number of nitrogens with two attached hydrogens (primary N) is 1. The van der Waals surface area contributed by atoms with Crippen LogP contribution in [0.4, 0.5) is 5.00 Å². The Labute approximate surface area is 168 Å². The van der Waals surface area contributed by atoms with E-state index >= 15 is 0 Å². The highest BCUT2D eigenvalue weighted by Crippen LogP contribution is 2.48. The van der Waals surface area contributed by atoms with Gasteiger partial charge in [0, 0.05) is 18.4 Å². The Hall–Kier alpha value is -1.76. The summed E-state index contributed by atoms with van der Waals surface area (Å²) in [6, 6.07) is 8.24. The number of nitrogens with one attached hydrogen (secondary N) is 1. The third-order valence-corrected chi connectivity index (χ3v) is 7.60. The van der Waals surface area contributed by atoms with Gasteiger partial charge in [0.15, 0.2) is 0 Å². The van der Waals surface area contributed by atoms with E-state index in [4.69, 9.17) is 4.98 Å². The van der Waals surface area contributed by atoms with Gasteiger partial charge in [-0.2, -0.15) is 0 Å². The number of amides is 1. The lowest BCUT2D eigenvalue weighted by atomic mass is 9.81. The largest absolute Gasteiger partial charge is 0.333 e. The van der Waals surface area contributed by atoms with Crippen LogP contribution in [0.3, 0.4) is 0 Å². The number of nitrogens with zero attached hydrogens (tertiary/aromatic N) is 1. The van der Waals surface area contributed by atoms with Crippen molar-refractivity contribution in [2.24, 2.45) is 0 Å². The standard InChI is InChI=1S/C21H25N3OS2/c1-6-15(25)23-19-16(18-22-13-9-7-8-10-14(13)26-18)12-11-20(2,3)24-21(4,5)17(12)27-19/h7-10,24H,6,11H2,1-5H3,(H,23,25)/p+1. The fraction of sp³-hybridized carbons (Fsp3) is 0.429. The molecule has 0 unspecified atom stereocenters. The summed E-state index contributed by atoms with van der Waals surface area (Å²) >= 11 is 3.43. The van der Waals surface area contributed by atoms with Crippen molar-refractivity contribution in [3.8, 4) is 10.6 Å². The number of hydrogen-bond acceptors (Lipinski definition) is 4. The molecular formula is C21H26N3OS2+. The van der Waals surface area contributed by atoms with Crippen molar-refractivity contribution in [2.75, 3.05) is 5.32 Å². The molecule has 0 fully saturated rings. The average molecular weight is 401 g/mol. The zero-order valence-electron chi connectivity index (χ0n) is 16.5. The van der Waals surface area contributed by atoms with Crippen molar-refractivity contribution in [3.05, 3.63) is 34.7 Å². The van der Waals surface area contributed by atoms with Crippen LogP contribution in [-0.4, -0.2) is 16.4 Å². The van der Waals surface area contributed by atoms with Crippen LogP contribution in [0.2, 0.25) is 0 Å². The zero-order chi connectivity index (χ0) is 19.4. The second-order valence-corrected chi connectivity index (χ2v) is 10.6. The number of thiophene rings is 1. The Balaban J connectivity index is 1.95. The summed E-state index contributed by atoms with van der Waals surface area (Å²) < 4.78 is 1.18. The molecule has 3 N–H and O–H groups in total. The van der Waals surface area contributed by atoms with Crippen LogP contribution in [0.1, 0.15) is 51.5 Å². The highest BCUT2D eigenvalue weighted by Gasteiger charge is 2.44. The predicted molar refractivity (Wildman–Crippen MR) is 115 cm³/mol. The third-order valence-electron chi connectivity index (χ3n) is 5.06. The van der Waals surface area contributed by atoms with Gasteiger partial charge in [0.1, 0.15) is 15.5 Å². The van der Waals surface area contributed by atoms with E-state index in [0.717, 1.165) is 27.5 Å². The number of rotatable bonds is 3. The highest BCUT2D eigenvalue weighted by molar-refractivity contribution is 7.23. The fourth-order valence-electron chi connectivity index (χ4n) is 4.21. The smallest absolute Gasteiger partial charge is 0.224 e. The fourth-order valence-corrected chi connectivity index (χ4v) is 6.63. The average Bonchev–Trinajstić information content (AvgIpc) is 3.14. The first-order valence-corrected chi connectivity index (χ1v) is 11.0. The predicted octanol–water partition coefficient (Wildman–Crippen LogP) is 4.51. The molecule has 1 aliphatic rings. The molecule has 0 saturated heterocycles. The minimum absolute atomic E-state index is 0.0254. The van der Waals surface area contributed by atoms with Gasteiger partial charge in [0.25, 0.3) is 0 Å². The number of carbonyl (C=O) groups excluding carboxylic acids is 1. The summed E-state index contributed by atoms with van der Waals surface area (Å²) in [5, 5.41) is 7.57. The third kappa shape index (κ3) is 3.30. The molecule has 0 atom stereocenters. The first-order chi connectivity index (χ1) is 12.7. The van der Waals surface area contributed by atoms with E-state index in [1.165, 1.54) is 15.1 Å². The van der Waals surface area contributed by atoms with Gasteiger partial charge >= 0.3 is 0 Å². The van der Waals surface area contributed by atoms with Crippen LogP contribution in [0.15, 0.2) is 24.3 Å². The van der Waals surface area contributed by atoms with E-state index in [0.29, 0.717) is 6.42 Å². The van der Waals surface area contributed by atoms with Crippen molar-refractivity contribution in [2.45, 2.75) is 58.5 Å². The number of hydrogen-bond donors (Lipinski definition) is 2. The molecule has 1 aromatic carbocycles. The summed E-state index contributed by atoms with van der Waals surface area (Å²) in [6.45, 7) is 11.0. The maximum atomic E-state index is 12.2. The van der Waals surface area contributed by atoms with Crippen LogP contribution in [0.5, 0.6) is 0 Å². The second-order valence-electron chi connectivity index (χ2n) is 8.53. The Morgan fingerprint density at radius 2 is 1.96 bits per heavy atom. The number of quaternary nitrogens is 1. The number of aromatic nitrogens is 1. The monoisotopic (exact) mass is 400 g/mol. The zero-order valence-corrected chi connectivity index (χ0v) is 18.1. The van der Waals surface area contributed by atoms with Crippen LogP contribution >= 0.6 is 22.7 Å². The summed E-state index contributed by atoms with van der Waals surface area (Å²) in [7, 11) is 0. The van der Waals surface area contributed by atoms with Gasteiger partial charge in [-0.05, 0) is 45.4 Å². The molecule has 0 radical (unpaired) electrons.